The summed E-state index contributed by atoms with van der Waals surface area (Å²) < 4.78 is 9.17. The fourth-order valence-electron chi connectivity index (χ4n) is 0.715. The molecule has 0 aliphatic carbocycles. The molecule has 12 heavy (non-hydrogen) atoms. The zero-order valence-electron chi connectivity index (χ0n) is 6.52. The highest BCUT2D eigenvalue weighted by atomic mass is 35.5. The second-order valence-corrected chi connectivity index (χ2v) is 2.06. The summed E-state index contributed by atoms with van der Waals surface area (Å²) >= 11 is 0. The Bertz CT molecular complexity index is 235. The van der Waals surface area contributed by atoms with E-state index in [0.717, 1.165) is 0 Å². The summed E-state index contributed by atoms with van der Waals surface area (Å²) in [5.41, 5.74) is 6.08. The van der Waals surface area contributed by atoms with E-state index in [1.165, 1.54) is 19.6 Å². The van der Waals surface area contributed by atoms with Gasteiger partial charge in [0, 0.05) is 5.56 Å². The van der Waals surface area contributed by atoms with Crippen LogP contribution in [-0.4, -0.2) is 13.1 Å². The van der Waals surface area contributed by atoms with Crippen molar-refractivity contribution in [2.24, 2.45) is 5.73 Å². The van der Waals surface area contributed by atoms with Crippen LogP contribution in [0.4, 0.5) is 0 Å². The van der Waals surface area contributed by atoms with E-state index in [2.05, 4.69) is 4.74 Å². The fourth-order valence-corrected chi connectivity index (χ4v) is 0.715. The van der Waals surface area contributed by atoms with Crippen molar-refractivity contribution in [2.45, 2.75) is 6.04 Å². The van der Waals surface area contributed by atoms with Crippen LogP contribution in [0.25, 0.3) is 0 Å². The number of hydrogen-bond donors (Lipinski definition) is 1. The van der Waals surface area contributed by atoms with E-state index in [4.69, 9.17) is 10.2 Å². The lowest BCUT2D eigenvalue weighted by Gasteiger charge is -2.04. The molecule has 0 aromatic carbocycles. The smallest absolute Gasteiger partial charge is 0.327 e. The van der Waals surface area contributed by atoms with Gasteiger partial charge in [-0.05, 0) is 6.07 Å². The van der Waals surface area contributed by atoms with E-state index >= 15 is 0 Å². The molecule has 0 saturated heterocycles. The van der Waals surface area contributed by atoms with Gasteiger partial charge in [-0.3, -0.25) is 4.79 Å². The zero-order chi connectivity index (χ0) is 8.27. The minimum absolute atomic E-state index is 0. The minimum atomic E-state index is -0.737. The standard InChI is InChI=1S/C7H9NO3.ClH/c1-10-7(9)6(8)5-2-3-11-4-5;/h2-4,6H,8H2,1H3;1H/t6-;/m1./s1. The van der Waals surface area contributed by atoms with Gasteiger partial charge in [0.2, 0.25) is 0 Å². The van der Waals surface area contributed by atoms with Crippen molar-refractivity contribution in [1.82, 2.24) is 0 Å². The number of furan rings is 1. The number of nitrogens with two attached hydrogens (primary N) is 1. The number of carbonyl (C=O) groups is 1. The second-order valence-electron chi connectivity index (χ2n) is 2.06. The second kappa shape index (κ2) is 4.79. The van der Waals surface area contributed by atoms with Gasteiger partial charge in [-0.25, -0.2) is 0 Å². The van der Waals surface area contributed by atoms with E-state index in [1.807, 2.05) is 0 Å². The maximum Gasteiger partial charge on any atom is 0.327 e. The molecule has 0 unspecified atom stereocenters. The molecule has 0 saturated carbocycles. The van der Waals surface area contributed by atoms with Gasteiger partial charge >= 0.3 is 5.97 Å². The average molecular weight is 192 g/mol. The van der Waals surface area contributed by atoms with Crippen molar-refractivity contribution in [3.63, 3.8) is 0 Å². The van der Waals surface area contributed by atoms with Gasteiger partial charge in [0.15, 0.2) is 0 Å². The lowest BCUT2D eigenvalue weighted by atomic mass is 10.2. The van der Waals surface area contributed by atoms with Crippen LogP contribution in [0.1, 0.15) is 11.6 Å². The molecular weight excluding hydrogens is 182 g/mol. The Morgan fingerprint density at radius 3 is 2.83 bits per heavy atom. The monoisotopic (exact) mass is 191 g/mol. The summed E-state index contributed by atoms with van der Waals surface area (Å²) in [7, 11) is 1.29. The molecule has 5 heteroatoms. The third kappa shape index (κ3) is 2.25. The number of carbonyl (C=O) groups excluding carboxylic acids is 1. The van der Waals surface area contributed by atoms with E-state index in [1.54, 1.807) is 6.07 Å². The molecule has 0 aliphatic heterocycles. The number of esters is 1. The molecule has 68 valence electrons. The average Bonchev–Trinajstić information content (AvgIpc) is 2.53. The molecule has 2 N–H and O–H groups in total. The summed E-state index contributed by atoms with van der Waals surface area (Å²) in [5, 5.41) is 0. The first kappa shape index (κ1) is 11.0. The SMILES string of the molecule is COC(=O)[C@H](N)c1ccoc1.Cl. The first-order valence-corrected chi connectivity index (χ1v) is 3.11. The van der Waals surface area contributed by atoms with Gasteiger partial charge < -0.3 is 14.9 Å². The Labute approximate surface area is 76.1 Å². The minimum Gasteiger partial charge on any atom is -0.472 e. The normalized spacial score (nSPS) is 11.5. The molecule has 0 fully saturated rings. The zero-order valence-corrected chi connectivity index (χ0v) is 7.34. The molecule has 0 aliphatic rings. The molecular formula is C7H10ClNO3. The topological polar surface area (TPSA) is 65.5 Å². The Morgan fingerprint density at radius 2 is 2.42 bits per heavy atom. The number of halogens is 1. The van der Waals surface area contributed by atoms with Gasteiger partial charge in [0.05, 0.1) is 19.6 Å². The molecule has 0 spiro atoms. The lowest BCUT2D eigenvalue weighted by molar-refractivity contribution is -0.142. The molecule has 0 bridgehead atoms. The number of ether oxygens (including phenoxy) is 1. The molecule has 1 atom stereocenters. The predicted molar refractivity (Wildman–Crippen MR) is 44.9 cm³/mol. The molecule has 4 nitrogen and oxygen atoms in total. The van der Waals surface area contributed by atoms with Gasteiger partial charge in [-0.2, -0.15) is 0 Å². The molecule has 0 amide bonds. The van der Waals surface area contributed by atoms with Crippen molar-refractivity contribution >= 4 is 18.4 Å². The van der Waals surface area contributed by atoms with Gasteiger partial charge in [0.25, 0.3) is 0 Å². The van der Waals surface area contributed by atoms with Crippen LogP contribution >= 0.6 is 12.4 Å². The highest BCUT2D eigenvalue weighted by Crippen LogP contribution is 2.10. The van der Waals surface area contributed by atoms with Gasteiger partial charge in [-0.1, -0.05) is 0 Å². The van der Waals surface area contributed by atoms with Crippen LogP contribution in [0.5, 0.6) is 0 Å². The summed E-state index contributed by atoms with van der Waals surface area (Å²) in [5.74, 6) is -0.466. The van der Waals surface area contributed by atoms with Crippen molar-refractivity contribution < 1.29 is 13.9 Å². The van der Waals surface area contributed by atoms with Crippen molar-refractivity contribution in [3.8, 4) is 0 Å². The van der Waals surface area contributed by atoms with Crippen molar-refractivity contribution in [1.29, 1.82) is 0 Å². The highest BCUT2D eigenvalue weighted by Gasteiger charge is 2.16. The van der Waals surface area contributed by atoms with Crippen LogP contribution in [-0.2, 0) is 9.53 Å². The third-order valence-corrected chi connectivity index (χ3v) is 1.36. The largest absolute Gasteiger partial charge is 0.472 e. The third-order valence-electron chi connectivity index (χ3n) is 1.36. The maximum absolute atomic E-state index is 10.8. The summed E-state index contributed by atoms with van der Waals surface area (Å²) in [6, 6.07) is 0.889. The number of rotatable bonds is 2. The van der Waals surface area contributed by atoms with E-state index in [0.29, 0.717) is 5.56 Å². The summed E-state index contributed by atoms with van der Waals surface area (Å²) in [6.07, 6.45) is 2.87. The van der Waals surface area contributed by atoms with Crippen LogP contribution in [0.2, 0.25) is 0 Å². The maximum atomic E-state index is 10.8. The van der Waals surface area contributed by atoms with Gasteiger partial charge in [0.1, 0.15) is 6.04 Å². The molecule has 1 aromatic heterocycles. The molecule has 0 radical (unpaired) electrons. The van der Waals surface area contributed by atoms with E-state index in [9.17, 15) is 4.79 Å². The van der Waals surface area contributed by atoms with E-state index < -0.39 is 12.0 Å². The quantitative estimate of drug-likeness (QED) is 0.705. The Kier molecular flexibility index (Phi) is 4.39. The first-order valence-electron chi connectivity index (χ1n) is 3.11. The number of methoxy groups -OCH3 is 1. The summed E-state index contributed by atoms with van der Waals surface area (Å²) in [6.45, 7) is 0. The summed E-state index contributed by atoms with van der Waals surface area (Å²) in [4.78, 5) is 10.8. The predicted octanol–water partition coefficient (Wildman–Crippen LogP) is 0.874. The Hall–Kier alpha value is -1.00. The van der Waals surface area contributed by atoms with E-state index in [-0.39, 0.29) is 12.4 Å². The molecule has 1 heterocycles. The highest BCUT2D eigenvalue weighted by molar-refractivity contribution is 5.85. The van der Waals surface area contributed by atoms with Crippen molar-refractivity contribution in [3.05, 3.63) is 24.2 Å². The molecule has 1 rings (SSSR count). The van der Waals surface area contributed by atoms with Crippen LogP contribution in [0, 0.1) is 0 Å². The van der Waals surface area contributed by atoms with Crippen LogP contribution in [0.3, 0.4) is 0 Å². The first-order chi connectivity index (χ1) is 5.25. The van der Waals surface area contributed by atoms with Crippen LogP contribution in [0.15, 0.2) is 23.0 Å². The fraction of sp³-hybridized carbons (Fsp3) is 0.286. The Balaban J connectivity index is 0.00000121. The van der Waals surface area contributed by atoms with Crippen LogP contribution < -0.4 is 5.73 Å². The number of hydrogen-bond acceptors (Lipinski definition) is 4. The van der Waals surface area contributed by atoms with Crippen molar-refractivity contribution in [2.75, 3.05) is 7.11 Å². The lowest BCUT2D eigenvalue weighted by Crippen LogP contribution is -2.21. The Morgan fingerprint density at radius 1 is 1.75 bits per heavy atom. The van der Waals surface area contributed by atoms with Gasteiger partial charge in [-0.15, -0.1) is 12.4 Å². The molecule has 1 aromatic rings.